The van der Waals surface area contributed by atoms with E-state index in [0.717, 1.165) is 6.42 Å². The number of nitrogens with zero attached hydrogens (tertiary/aromatic N) is 1. The number of hydrogen-bond acceptors (Lipinski definition) is 4. The van der Waals surface area contributed by atoms with Gasteiger partial charge in [-0.3, -0.25) is 0 Å². The Kier molecular flexibility index (Phi) is 4.42. The van der Waals surface area contributed by atoms with Crippen LogP contribution in [0.2, 0.25) is 0 Å². The van der Waals surface area contributed by atoms with Crippen molar-refractivity contribution in [1.29, 1.82) is 0 Å². The molecule has 0 aliphatic heterocycles. The van der Waals surface area contributed by atoms with Crippen LogP contribution in [0.5, 0.6) is 11.6 Å². The maximum absolute atomic E-state index is 11.0. The highest BCUT2D eigenvalue weighted by atomic mass is 16.5. The van der Waals surface area contributed by atoms with Crippen LogP contribution in [0.1, 0.15) is 42.1 Å². The maximum Gasteiger partial charge on any atom is 0.338 e. The lowest BCUT2D eigenvalue weighted by Crippen LogP contribution is -2.05. The Labute approximate surface area is 123 Å². The van der Waals surface area contributed by atoms with Gasteiger partial charge in [0.15, 0.2) is 0 Å². The fourth-order valence-corrected chi connectivity index (χ4v) is 1.93. The number of benzene rings is 1. The largest absolute Gasteiger partial charge is 0.478 e. The van der Waals surface area contributed by atoms with Gasteiger partial charge in [-0.1, -0.05) is 26.0 Å². The van der Waals surface area contributed by atoms with Crippen LogP contribution in [-0.2, 0) is 0 Å². The minimum absolute atomic E-state index is 0.0174. The number of carboxylic acids is 1. The van der Waals surface area contributed by atoms with Crippen molar-refractivity contribution >= 4 is 11.7 Å². The molecule has 0 aliphatic carbocycles. The second-order valence-corrected chi connectivity index (χ2v) is 4.86. The molecule has 0 bridgehead atoms. The first-order valence-electron chi connectivity index (χ1n) is 6.78. The Balaban J connectivity index is 2.22. The minimum Gasteiger partial charge on any atom is -0.478 e. The molecule has 1 unspecified atom stereocenters. The van der Waals surface area contributed by atoms with Crippen LogP contribution in [0.4, 0.5) is 5.69 Å². The molecule has 1 aromatic heterocycles. The molecule has 5 heteroatoms. The summed E-state index contributed by atoms with van der Waals surface area (Å²) in [6.07, 6.45) is 2.43. The fraction of sp³-hybridized carbons (Fsp3) is 0.250. The van der Waals surface area contributed by atoms with Gasteiger partial charge in [-0.25, -0.2) is 9.78 Å². The van der Waals surface area contributed by atoms with Gasteiger partial charge in [-0.05, 0) is 36.1 Å². The number of rotatable bonds is 5. The van der Waals surface area contributed by atoms with Crippen molar-refractivity contribution in [2.24, 2.45) is 0 Å². The first kappa shape index (κ1) is 14.8. The van der Waals surface area contributed by atoms with E-state index in [2.05, 4.69) is 18.8 Å². The number of ether oxygens (including phenoxy) is 1. The average molecular weight is 286 g/mol. The standard InChI is InChI=1S/C16H18N2O3/c1-3-10(2)11-4-6-12(7-5-11)21-15-14(17)13(16(19)20)8-9-18-15/h4-10H,3,17H2,1-2H3,(H,19,20). The normalized spacial score (nSPS) is 11.9. The highest BCUT2D eigenvalue weighted by molar-refractivity contribution is 5.94. The summed E-state index contributed by atoms with van der Waals surface area (Å²) in [5.74, 6) is 0.0550. The van der Waals surface area contributed by atoms with E-state index in [9.17, 15) is 4.79 Å². The van der Waals surface area contributed by atoms with Crippen LogP contribution in [-0.4, -0.2) is 16.1 Å². The number of nitrogen functional groups attached to an aromatic ring is 1. The molecule has 5 nitrogen and oxygen atoms in total. The quantitative estimate of drug-likeness (QED) is 0.876. The lowest BCUT2D eigenvalue weighted by atomic mass is 9.99. The number of anilines is 1. The van der Waals surface area contributed by atoms with Gasteiger partial charge in [0.2, 0.25) is 5.88 Å². The zero-order valence-electron chi connectivity index (χ0n) is 12.0. The molecule has 0 amide bonds. The molecular formula is C16H18N2O3. The number of aromatic nitrogens is 1. The number of carbonyl (C=O) groups is 1. The summed E-state index contributed by atoms with van der Waals surface area (Å²) in [6.45, 7) is 4.29. The Morgan fingerprint density at radius 1 is 1.33 bits per heavy atom. The summed E-state index contributed by atoms with van der Waals surface area (Å²) in [6, 6.07) is 8.98. The third kappa shape index (κ3) is 3.31. The number of carboxylic acid groups (broad SMARTS) is 1. The molecule has 2 aromatic rings. The molecule has 2 rings (SSSR count). The molecule has 1 aromatic carbocycles. The van der Waals surface area contributed by atoms with Gasteiger partial charge < -0.3 is 15.6 Å². The molecule has 0 saturated carbocycles. The van der Waals surface area contributed by atoms with E-state index in [0.29, 0.717) is 11.7 Å². The van der Waals surface area contributed by atoms with E-state index < -0.39 is 5.97 Å². The molecule has 0 fully saturated rings. The van der Waals surface area contributed by atoms with E-state index in [1.165, 1.54) is 17.8 Å². The first-order valence-corrected chi connectivity index (χ1v) is 6.78. The van der Waals surface area contributed by atoms with Gasteiger partial charge in [0.25, 0.3) is 0 Å². The van der Waals surface area contributed by atoms with Gasteiger partial charge in [-0.2, -0.15) is 0 Å². The number of hydrogen-bond donors (Lipinski definition) is 2. The summed E-state index contributed by atoms with van der Waals surface area (Å²) in [5, 5.41) is 9.02. The summed E-state index contributed by atoms with van der Waals surface area (Å²) >= 11 is 0. The molecule has 1 heterocycles. The molecule has 21 heavy (non-hydrogen) atoms. The third-order valence-corrected chi connectivity index (χ3v) is 3.46. The Bertz CT molecular complexity index is 638. The van der Waals surface area contributed by atoms with E-state index in [-0.39, 0.29) is 17.1 Å². The SMILES string of the molecule is CCC(C)c1ccc(Oc2nccc(C(=O)O)c2N)cc1. The lowest BCUT2D eigenvalue weighted by Gasteiger charge is -2.11. The maximum atomic E-state index is 11.0. The third-order valence-electron chi connectivity index (χ3n) is 3.46. The highest BCUT2D eigenvalue weighted by Crippen LogP contribution is 2.29. The highest BCUT2D eigenvalue weighted by Gasteiger charge is 2.14. The van der Waals surface area contributed by atoms with E-state index in [1.807, 2.05) is 24.3 Å². The topological polar surface area (TPSA) is 85.4 Å². The van der Waals surface area contributed by atoms with Gasteiger partial charge in [-0.15, -0.1) is 0 Å². The Morgan fingerprint density at radius 3 is 2.57 bits per heavy atom. The van der Waals surface area contributed by atoms with Gasteiger partial charge in [0.05, 0.1) is 5.56 Å². The molecular weight excluding hydrogens is 268 g/mol. The van der Waals surface area contributed by atoms with Crippen molar-refractivity contribution in [3.8, 4) is 11.6 Å². The van der Waals surface area contributed by atoms with E-state index >= 15 is 0 Å². The predicted octanol–water partition coefficient (Wildman–Crippen LogP) is 3.67. The molecule has 0 aliphatic rings. The minimum atomic E-state index is -1.10. The van der Waals surface area contributed by atoms with Crippen molar-refractivity contribution in [2.45, 2.75) is 26.2 Å². The number of pyridine rings is 1. The second kappa shape index (κ2) is 6.26. The van der Waals surface area contributed by atoms with E-state index in [1.54, 1.807) is 0 Å². The monoisotopic (exact) mass is 286 g/mol. The van der Waals surface area contributed by atoms with Crippen molar-refractivity contribution in [3.63, 3.8) is 0 Å². The van der Waals surface area contributed by atoms with Crippen molar-refractivity contribution < 1.29 is 14.6 Å². The van der Waals surface area contributed by atoms with Crippen LogP contribution < -0.4 is 10.5 Å². The van der Waals surface area contributed by atoms with Gasteiger partial charge >= 0.3 is 5.97 Å². The van der Waals surface area contributed by atoms with Crippen LogP contribution >= 0.6 is 0 Å². The molecule has 1 atom stereocenters. The Morgan fingerprint density at radius 2 is 2.00 bits per heavy atom. The first-order chi connectivity index (χ1) is 10.0. The summed E-state index contributed by atoms with van der Waals surface area (Å²) in [7, 11) is 0. The predicted molar refractivity (Wildman–Crippen MR) is 80.8 cm³/mol. The van der Waals surface area contributed by atoms with E-state index in [4.69, 9.17) is 15.6 Å². The van der Waals surface area contributed by atoms with Crippen LogP contribution in [0.25, 0.3) is 0 Å². The lowest BCUT2D eigenvalue weighted by molar-refractivity contribution is 0.0697. The fourth-order valence-electron chi connectivity index (χ4n) is 1.93. The zero-order chi connectivity index (χ0) is 15.4. The molecule has 3 N–H and O–H groups in total. The van der Waals surface area contributed by atoms with Crippen LogP contribution in [0, 0.1) is 0 Å². The average Bonchev–Trinajstić information content (AvgIpc) is 2.49. The summed E-state index contributed by atoms with van der Waals surface area (Å²) in [5.41, 5.74) is 7.00. The van der Waals surface area contributed by atoms with Crippen LogP contribution in [0.15, 0.2) is 36.5 Å². The van der Waals surface area contributed by atoms with Crippen molar-refractivity contribution in [1.82, 2.24) is 4.98 Å². The molecule has 0 spiro atoms. The smallest absolute Gasteiger partial charge is 0.338 e. The van der Waals surface area contributed by atoms with Crippen molar-refractivity contribution in [2.75, 3.05) is 5.73 Å². The summed E-state index contributed by atoms with van der Waals surface area (Å²) in [4.78, 5) is 15.0. The zero-order valence-corrected chi connectivity index (χ0v) is 12.0. The molecule has 110 valence electrons. The molecule has 0 radical (unpaired) electrons. The number of aromatic carboxylic acids is 1. The van der Waals surface area contributed by atoms with Gasteiger partial charge in [0, 0.05) is 6.20 Å². The Hall–Kier alpha value is -2.56. The summed E-state index contributed by atoms with van der Waals surface area (Å²) < 4.78 is 5.57. The number of nitrogens with two attached hydrogens (primary N) is 1. The molecule has 0 saturated heterocycles. The van der Waals surface area contributed by atoms with Crippen LogP contribution in [0.3, 0.4) is 0 Å². The second-order valence-electron chi connectivity index (χ2n) is 4.86. The van der Waals surface area contributed by atoms with Gasteiger partial charge in [0.1, 0.15) is 11.4 Å². The van der Waals surface area contributed by atoms with Crippen molar-refractivity contribution in [3.05, 3.63) is 47.7 Å².